The van der Waals surface area contributed by atoms with E-state index >= 15 is 0 Å². The zero-order chi connectivity index (χ0) is 26.3. The molecule has 11 heteroatoms. The third kappa shape index (κ3) is 8.01. The zero-order valence-corrected chi connectivity index (χ0v) is 20.2. The van der Waals surface area contributed by atoms with E-state index in [9.17, 15) is 18.0 Å². The van der Waals surface area contributed by atoms with E-state index in [1.54, 1.807) is 12.1 Å². The van der Waals surface area contributed by atoms with E-state index in [0.29, 0.717) is 16.8 Å². The van der Waals surface area contributed by atoms with Crippen molar-refractivity contribution in [2.45, 2.75) is 50.9 Å². The first-order valence-corrected chi connectivity index (χ1v) is 11.6. The van der Waals surface area contributed by atoms with Crippen LogP contribution in [0.5, 0.6) is 0 Å². The van der Waals surface area contributed by atoms with Gasteiger partial charge in [-0.3, -0.25) is 0 Å². The number of nitrogens with one attached hydrogen (secondary N) is 3. The maximum absolute atomic E-state index is 12.2. The minimum Gasteiger partial charge on any atom is -0.475 e. The Balaban J connectivity index is 0.000000454. The number of aryl methyl sites for hydroxylation is 1. The van der Waals surface area contributed by atoms with E-state index in [0.717, 1.165) is 37.0 Å². The van der Waals surface area contributed by atoms with Crippen LogP contribution in [0.3, 0.4) is 0 Å². The predicted molar refractivity (Wildman–Crippen MR) is 133 cm³/mol. The van der Waals surface area contributed by atoms with Crippen LogP contribution in [0.4, 0.5) is 29.5 Å². The minimum atomic E-state index is -5.08. The number of hydrogen-bond acceptors (Lipinski definition) is 4. The lowest BCUT2D eigenvalue weighted by atomic mass is 9.91. The maximum Gasteiger partial charge on any atom is 0.490 e. The lowest BCUT2D eigenvalue weighted by molar-refractivity contribution is -0.192. The molecule has 3 aromatic rings. The van der Waals surface area contributed by atoms with E-state index in [2.05, 4.69) is 35.0 Å². The molecule has 0 radical (unpaired) electrons. The minimum absolute atomic E-state index is 0.179. The maximum atomic E-state index is 12.2. The van der Waals surface area contributed by atoms with Crippen molar-refractivity contribution in [2.24, 2.45) is 0 Å². The Hall–Kier alpha value is -3.53. The monoisotopic (exact) mass is 522 g/mol. The highest BCUT2D eigenvalue weighted by atomic mass is 35.5. The van der Waals surface area contributed by atoms with Crippen LogP contribution in [0.1, 0.15) is 31.2 Å². The highest BCUT2D eigenvalue weighted by Crippen LogP contribution is 2.25. The molecule has 0 spiro atoms. The summed E-state index contributed by atoms with van der Waals surface area (Å²) in [6.45, 7) is 2.12. The summed E-state index contributed by atoms with van der Waals surface area (Å²) >= 11 is 5.96. The summed E-state index contributed by atoms with van der Waals surface area (Å²) < 4.78 is 31.7. The smallest absolute Gasteiger partial charge is 0.475 e. The Labute approximate surface area is 211 Å². The van der Waals surface area contributed by atoms with Gasteiger partial charge in [0.25, 0.3) is 0 Å². The summed E-state index contributed by atoms with van der Waals surface area (Å²) in [6, 6.07) is 17.9. The summed E-state index contributed by atoms with van der Waals surface area (Å²) in [4.78, 5) is 25.9. The van der Waals surface area contributed by atoms with Crippen molar-refractivity contribution in [2.75, 3.05) is 10.6 Å². The molecule has 4 rings (SSSR count). The van der Waals surface area contributed by atoms with E-state index in [1.807, 2.05) is 30.3 Å². The first-order chi connectivity index (χ1) is 17.0. The van der Waals surface area contributed by atoms with Gasteiger partial charge in [0.2, 0.25) is 0 Å². The number of benzene rings is 2. The van der Waals surface area contributed by atoms with Crippen molar-refractivity contribution in [1.29, 1.82) is 0 Å². The third-order valence-electron chi connectivity index (χ3n) is 5.66. The number of aliphatic carboxylic acids is 1. The Morgan fingerprint density at radius 3 is 2.28 bits per heavy atom. The van der Waals surface area contributed by atoms with Gasteiger partial charge in [-0.2, -0.15) is 13.2 Å². The Kier molecular flexibility index (Phi) is 8.98. The molecule has 7 nitrogen and oxygen atoms in total. The number of nitrogens with zero attached hydrogens (tertiary/aromatic N) is 1. The summed E-state index contributed by atoms with van der Waals surface area (Å²) in [5.41, 5.74) is 2.94. The van der Waals surface area contributed by atoms with Crippen LogP contribution in [0.2, 0.25) is 5.02 Å². The molecule has 0 atom stereocenters. The largest absolute Gasteiger partial charge is 0.490 e. The van der Waals surface area contributed by atoms with Gasteiger partial charge in [0.05, 0.1) is 5.52 Å². The van der Waals surface area contributed by atoms with Gasteiger partial charge in [-0.05, 0) is 68.5 Å². The number of alkyl halides is 3. The van der Waals surface area contributed by atoms with E-state index in [4.69, 9.17) is 26.5 Å². The molecule has 0 bridgehead atoms. The van der Waals surface area contributed by atoms with Crippen LogP contribution in [0, 0.1) is 6.92 Å². The van der Waals surface area contributed by atoms with Crippen LogP contribution < -0.4 is 16.0 Å². The van der Waals surface area contributed by atoms with Crippen LogP contribution >= 0.6 is 11.6 Å². The fraction of sp³-hybridized carbons (Fsp3) is 0.320. The SMILES string of the molecule is Cc1cc(NC2CCC(NC(=O)Nc3cccc(Cl)c3)CC2)nc2ccccc12.O=C(O)C(F)(F)F. The third-order valence-corrected chi connectivity index (χ3v) is 5.90. The number of fused-ring (bicyclic) bond motifs is 1. The molecule has 192 valence electrons. The lowest BCUT2D eigenvalue weighted by Gasteiger charge is -2.30. The number of urea groups is 1. The second-order valence-corrected chi connectivity index (χ2v) is 8.88. The number of carbonyl (C=O) groups excluding carboxylic acids is 1. The summed E-state index contributed by atoms with van der Waals surface area (Å²) in [6.07, 6.45) is -1.22. The van der Waals surface area contributed by atoms with Gasteiger partial charge >= 0.3 is 18.2 Å². The molecule has 0 saturated heterocycles. The van der Waals surface area contributed by atoms with Gasteiger partial charge in [0.15, 0.2) is 0 Å². The summed E-state index contributed by atoms with van der Waals surface area (Å²) in [5.74, 6) is -1.83. The molecule has 1 fully saturated rings. The van der Waals surface area contributed by atoms with Crippen molar-refractivity contribution in [3.05, 3.63) is 65.2 Å². The molecule has 4 N–H and O–H groups in total. The highest BCUT2D eigenvalue weighted by Gasteiger charge is 2.38. The molecular weight excluding hydrogens is 497 g/mol. The average Bonchev–Trinajstić information content (AvgIpc) is 2.80. The second kappa shape index (κ2) is 11.9. The van der Waals surface area contributed by atoms with Gasteiger partial charge < -0.3 is 21.1 Å². The standard InChI is InChI=1S/C23H25ClN4O.C2HF3O2/c1-15-13-22(28-21-8-3-2-7-20(15)21)25-17-9-11-18(12-10-17)26-23(29)27-19-6-4-5-16(24)14-19;3-2(4,5)1(6)7/h2-8,13-14,17-18H,9-12H2,1H3,(H,25,28)(H2,26,27,29);(H,6,7). The number of para-hydroxylation sites is 1. The van der Waals surface area contributed by atoms with E-state index in [-0.39, 0.29) is 12.1 Å². The Morgan fingerprint density at radius 1 is 1.00 bits per heavy atom. The predicted octanol–water partition coefficient (Wildman–Crippen LogP) is 6.37. The second-order valence-electron chi connectivity index (χ2n) is 8.45. The number of amides is 2. The van der Waals surface area contributed by atoms with Crippen LogP contribution in [-0.2, 0) is 4.79 Å². The number of carbonyl (C=O) groups is 2. The van der Waals surface area contributed by atoms with Crippen molar-refractivity contribution in [3.63, 3.8) is 0 Å². The fourth-order valence-electron chi connectivity index (χ4n) is 3.93. The fourth-order valence-corrected chi connectivity index (χ4v) is 4.12. The quantitative estimate of drug-likeness (QED) is 0.318. The highest BCUT2D eigenvalue weighted by molar-refractivity contribution is 6.30. The normalized spacial score (nSPS) is 17.5. The molecule has 1 heterocycles. The number of carboxylic acids is 1. The number of rotatable bonds is 4. The first kappa shape index (κ1) is 27.1. The lowest BCUT2D eigenvalue weighted by Crippen LogP contribution is -2.42. The number of aromatic nitrogens is 1. The Bertz CT molecular complexity index is 1210. The van der Waals surface area contributed by atoms with Gasteiger partial charge in [-0.15, -0.1) is 0 Å². The zero-order valence-electron chi connectivity index (χ0n) is 19.4. The van der Waals surface area contributed by atoms with Gasteiger partial charge in [0.1, 0.15) is 5.82 Å². The van der Waals surface area contributed by atoms with Crippen molar-refractivity contribution < 1.29 is 27.9 Å². The van der Waals surface area contributed by atoms with Crippen LogP contribution in [-0.4, -0.2) is 40.4 Å². The number of halogens is 4. The van der Waals surface area contributed by atoms with Crippen molar-refractivity contribution in [1.82, 2.24) is 10.3 Å². The molecule has 1 aromatic heterocycles. The molecule has 1 aliphatic rings. The summed E-state index contributed by atoms with van der Waals surface area (Å²) in [7, 11) is 0. The number of carboxylic acid groups (broad SMARTS) is 1. The van der Waals surface area contributed by atoms with Crippen LogP contribution in [0.15, 0.2) is 54.6 Å². The van der Waals surface area contributed by atoms with Gasteiger partial charge in [-0.25, -0.2) is 14.6 Å². The topological polar surface area (TPSA) is 103 Å². The van der Waals surface area contributed by atoms with Gasteiger partial charge in [-0.1, -0.05) is 35.9 Å². The molecule has 1 aliphatic carbocycles. The molecule has 0 aliphatic heterocycles. The summed E-state index contributed by atoms with van der Waals surface area (Å²) in [5, 5.41) is 18.4. The molecule has 2 amide bonds. The Morgan fingerprint density at radius 2 is 1.64 bits per heavy atom. The number of hydrogen-bond donors (Lipinski definition) is 4. The molecule has 2 aromatic carbocycles. The van der Waals surface area contributed by atoms with Crippen LogP contribution in [0.25, 0.3) is 10.9 Å². The van der Waals surface area contributed by atoms with E-state index < -0.39 is 12.1 Å². The van der Waals surface area contributed by atoms with Gasteiger partial charge in [0, 0.05) is 28.2 Å². The number of pyridine rings is 1. The molecule has 0 unspecified atom stereocenters. The molecule has 36 heavy (non-hydrogen) atoms. The van der Waals surface area contributed by atoms with Crippen molar-refractivity contribution in [3.8, 4) is 0 Å². The van der Waals surface area contributed by atoms with E-state index in [1.165, 1.54) is 10.9 Å². The van der Waals surface area contributed by atoms with Crippen molar-refractivity contribution >= 4 is 46.0 Å². The number of anilines is 2. The average molecular weight is 523 g/mol. The first-order valence-electron chi connectivity index (χ1n) is 11.3. The molecule has 1 saturated carbocycles. The molecular formula is C25H26ClF3N4O3.